The van der Waals surface area contributed by atoms with Gasteiger partial charge in [0.15, 0.2) is 5.78 Å². The van der Waals surface area contributed by atoms with Gasteiger partial charge in [-0.05, 0) is 79.6 Å². The van der Waals surface area contributed by atoms with Crippen molar-refractivity contribution >= 4 is 17.1 Å². The number of ether oxygens (including phenoxy) is 2. The third kappa shape index (κ3) is 7.86. The molecule has 2 rings (SSSR count). The Labute approximate surface area is 180 Å². The lowest BCUT2D eigenvalue weighted by atomic mass is 9.76. The number of hydrogen-bond acceptors (Lipinski definition) is 4. The van der Waals surface area contributed by atoms with Crippen LogP contribution in [0.4, 0.5) is 0 Å². The van der Waals surface area contributed by atoms with Gasteiger partial charge in [0.25, 0.3) is 0 Å². The quantitative estimate of drug-likeness (QED) is 0.499. The molecule has 1 atom stereocenters. The molecule has 0 unspecified atom stereocenters. The average molecular weight is 411 g/mol. The zero-order chi connectivity index (χ0) is 22.7. The van der Waals surface area contributed by atoms with Crippen molar-refractivity contribution in [1.82, 2.24) is 0 Å². The maximum Gasteiger partial charge on any atom is 0.152 e. The standard InChI is InChI=1S/C14H20O2.C12H14O2/c1-5-14(3,10-11(2)15)12-6-8-13(16-4)9-7-12;1-9(8-10(2)13)11-4-6-12(14-3)7-5-11/h6-9H,5,10H2,1-4H3;4-8H,1-3H3/b;9-8+/t14-;/m0./s1. The second-order valence-corrected chi connectivity index (χ2v) is 7.69. The molecule has 4 nitrogen and oxygen atoms in total. The summed E-state index contributed by atoms with van der Waals surface area (Å²) < 4.78 is 10.2. The highest BCUT2D eigenvalue weighted by Gasteiger charge is 2.26. The smallest absolute Gasteiger partial charge is 0.152 e. The molecule has 0 aliphatic rings. The first-order valence-corrected chi connectivity index (χ1v) is 10.1. The second kappa shape index (κ2) is 12.0. The Kier molecular flexibility index (Phi) is 10.0. The summed E-state index contributed by atoms with van der Waals surface area (Å²) in [5.74, 6) is 1.98. The maximum atomic E-state index is 11.3. The number of allylic oxidation sites excluding steroid dienone is 2. The summed E-state index contributed by atoms with van der Waals surface area (Å²) in [7, 11) is 3.29. The molecule has 2 aromatic rings. The number of carbonyl (C=O) groups is 2. The van der Waals surface area contributed by atoms with E-state index in [1.54, 1.807) is 34.1 Å². The van der Waals surface area contributed by atoms with Gasteiger partial charge in [-0.15, -0.1) is 0 Å². The van der Waals surface area contributed by atoms with Crippen LogP contribution < -0.4 is 9.47 Å². The monoisotopic (exact) mass is 410 g/mol. The molecule has 4 heteroatoms. The van der Waals surface area contributed by atoms with Gasteiger partial charge in [0.05, 0.1) is 14.2 Å². The van der Waals surface area contributed by atoms with Crippen molar-refractivity contribution in [2.45, 2.75) is 52.9 Å². The van der Waals surface area contributed by atoms with Crippen molar-refractivity contribution in [1.29, 1.82) is 0 Å². The third-order valence-corrected chi connectivity index (χ3v) is 5.17. The summed E-state index contributed by atoms with van der Waals surface area (Å²) in [4.78, 5) is 22.1. The van der Waals surface area contributed by atoms with Gasteiger partial charge in [-0.25, -0.2) is 0 Å². The lowest BCUT2D eigenvalue weighted by molar-refractivity contribution is -0.118. The molecule has 30 heavy (non-hydrogen) atoms. The minimum Gasteiger partial charge on any atom is -0.497 e. The molecule has 162 valence electrons. The fourth-order valence-corrected chi connectivity index (χ4v) is 3.22. The lowest BCUT2D eigenvalue weighted by Crippen LogP contribution is -2.23. The van der Waals surface area contributed by atoms with Gasteiger partial charge in [0.1, 0.15) is 17.3 Å². The van der Waals surface area contributed by atoms with Gasteiger partial charge >= 0.3 is 0 Å². The van der Waals surface area contributed by atoms with Crippen molar-refractivity contribution in [3.8, 4) is 11.5 Å². The molecule has 0 amide bonds. The molecule has 0 aliphatic heterocycles. The molecular formula is C26H34O4. The fraction of sp³-hybridized carbons (Fsp3) is 0.385. The zero-order valence-electron chi connectivity index (χ0n) is 19.2. The van der Waals surface area contributed by atoms with Crippen LogP contribution in [0.3, 0.4) is 0 Å². The van der Waals surface area contributed by atoms with Crippen LogP contribution in [0.1, 0.15) is 58.6 Å². The van der Waals surface area contributed by atoms with Crippen LogP contribution >= 0.6 is 0 Å². The number of hydrogen-bond donors (Lipinski definition) is 0. The highest BCUT2D eigenvalue weighted by Crippen LogP contribution is 2.32. The molecule has 0 spiro atoms. The first-order chi connectivity index (χ1) is 14.1. The Morgan fingerprint density at radius 2 is 1.33 bits per heavy atom. The summed E-state index contributed by atoms with van der Waals surface area (Å²) in [6, 6.07) is 15.6. The van der Waals surface area contributed by atoms with E-state index in [9.17, 15) is 9.59 Å². The number of carbonyl (C=O) groups excluding carboxylic acids is 2. The van der Waals surface area contributed by atoms with E-state index in [1.807, 2.05) is 55.5 Å². The first-order valence-electron chi connectivity index (χ1n) is 10.1. The highest BCUT2D eigenvalue weighted by atomic mass is 16.5. The van der Waals surface area contributed by atoms with E-state index >= 15 is 0 Å². The van der Waals surface area contributed by atoms with Crippen molar-refractivity contribution < 1.29 is 19.1 Å². The van der Waals surface area contributed by atoms with Gasteiger partial charge in [-0.3, -0.25) is 9.59 Å². The average Bonchev–Trinajstić information content (AvgIpc) is 2.73. The van der Waals surface area contributed by atoms with Crippen LogP contribution in [0.2, 0.25) is 0 Å². The molecule has 0 aromatic heterocycles. The molecule has 0 heterocycles. The molecule has 0 saturated heterocycles. The number of Topliss-reactive ketones (excluding diaryl/α,β-unsaturated/α-hetero) is 1. The van der Waals surface area contributed by atoms with E-state index in [-0.39, 0.29) is 17.0 Å². The molecule has 0 fully saturated rings. The number of ketones is 2. The van der Waals surface area contributed by atoms with Gasteiger partial charge < -0.3 is 9.47 Å². The third-order valence-electron chi connectivity index (χ3n) is 5.17. The van der Waals surface area contributed by atoms with E-state index in [1.165, 1.54) is 5.56 Å². The first kappa shape index (κ1) is 25.2. The number of methoxy groups -OCH3 is 2. The largest absolute Gasteiger partial charge is 0.497 e. The van der Waals surface area contributed by atoms with E-state index in [2.05, 4.69) is 13.8 Å². The van der Waals surface area contributed by atoms with Gasteiger partial charge in [-0.1, -0.05) is 38.1 Å². The Hall–Kier alpha value is -2.88. The van der Waals surface area contributed by atoms with E-state index in [0.29, 0.717) is 6.42 Å². The van der Waals surface area contributed by atoms with Crippen LogP contribution in [0, 0.1) is 0 Å². The van der Waals surface area contributed by atoms with Crippen LogP contribution in [0.25, 0.3) is 5.57 Å². The predicted octanol–water partition coefficient (Wildman–Crippen LogP) is 6.03. The van der Waals surface area contributed by atoms with Crippen LogP contribution in [-0.2, 0) is 15.0 Å². The van der Waals surface area contributed by atoms with Crippen LogP contribution in [-0.4, -0.2) is 25.8 Å². The summed E-state index contributed by atoms with van der Waals surface area (Å²) in [6.07, 6.45) is 3.18. The minimum atomic E-state index is -0.0574. The Morgan fingerprint density at radius 3 is 1.70 bits per heavy atom. The molecule has 0 N–H and O–H groups in total. The van der Waals surface area contributed by atoms with Crippen molar-refractivity contribution in [3.63, 3.8) is 0 Å². The Morgan fingerprint density at radius 1 is 0.867 bits per heavy atom. The van der Waals surface area contributed by atoms with Crippen molar-refractivity contribution in [2.24, 2.45) is 0 Å². The Balaban J connectivity index is 0.000000303. The van der Waals surface area contributed by atoms with Crippen LogP contribution in [0.5, 0.6) is 11.5 Å². The maximum absolute atomic E-state index is 11.3. The van der Waals surface area contributed by atoms with E-state index in [4.69, 9.17) is 9.47 Å². The van der Waals surface area contributed by atoms with Crippen molar-refractivity contribution in [3.05, 3.63) is 65.7 Å². The number of benzene rings is 2. The van der Waals surface area contributed by atoms with Gasteiger partial charge in [0, 0.05) is 6.42 Å². The molecule has 0 aliphatic carbocycles. The summed E-state index contributed by atoms with van der Waals surface area (Å²) in [5.41, 5.74) is 3.16. The van der Waals surface area contributed by atoms with E-state index in [0.717, 1.165) is 29.1 Å². The zero-order valence-corrected chi connectivity index (χ0v) is 19.2. The molecule has 2 aromatic carbocycles. The van der Waals surface area contributed by atoms with Gasteiger partial charge in [-0.2, -0.15) is 0 Å². The second-order valence-electron chi connectivity index (χ2n) is 7.69. The van der Waals surface area contributed by atoms with Gasteiger partial charge in [0.2, 0.25) is 0 Å². The predicted molar refractivity (Wildman–Crippen MR) is 123 cm³/mol. The highest BCUT2D eigenvalue weighted by molar-refractivity contribution is 5.94. The van der Waals surface area contributed by atoms with Crippen LogP contribution in [0.15, 0.2) is 54.6 Å². The summed E-state index contributed by atoms with van der Waals surface area (Å²) in [6.45, 7) is 9.37. The van der Waals surface area contributed by atoms with Crippen molar-refractivity contribution in [2.75, 3.05) is 14.2 Å². The fourth-order valence-electron chi connectivity index (χ4n) is 3.22. The molecular weight excluding hydrogens is 376 g/mol. The SMILES string of the molecule is CC[C@@](C)(CC(C)=O)c1ccc(OC)cc1.COc1ccc(/C(C)=C/C(C)=O)cc1. The molecule has 0 radical (unpaired) electrons. The topological polar surface area (TPSA) is 52.6 Å². The Bertz CT molecular complexity index is 848. The number of rotatable bonds is 8. The molecule has 0 bridgehead atoms. The lowest BCUT2D eigenvalue weighted by Gasteiger charge is -2.27. The molecule has 0 saturated carbocycles. The summed E-state index contributed by atoms with van der Waals surface area (Å²) >= 11 is 0. The van der Waals surface area contributed by atoms with E-state index < -0.39 is 0 Å². The normalized spacial score (nSPS) is 12.8. The summed E-state index contributed by atoms with van der Waals surface area (Å²) in [5, 5.41) is 0. The minimum absolute atomic E-state index is 0.0574.